The zero-order chi connectivity index (χ0) is 17.2. The second-order valence-corrected chi connectivity index (χ2v) is 5.15. The van der Waals surface area contributed by atoms with Gasteiger partial charge in [0.25, 0.3) is 0 Å². The number of ether oxygens (including phenoxy) is 2. The molecule has 0 bridgehead atoms. The van der Waals surface area contributed by atoms with Crippen molar-refractivity contribution in [1.29, 1.82) is 0 Å². The van der Waals surface area contributed by atoms with E-state index in [1.165, 1.54) is 6.21 Å². The Labute approximate surface area is 136 Å². The highest BCUT2D eigenvalue weighted by molar-refractivity contribution is 6.35. The van der Waals surface area contributed by atoms with Crippen molar-refractivity contribution < 1.29 is 19.1 Å². The summed E-state index contributed by atoms with van der Waals surface area (Å²) in [4.78, 5) is 23.0. The van der Waals surface area contributed by atoms with Crippen LogP contribution in [0.1, 0.15) is 26.3 Å². The lowest BCUT2D eigenvalue weighted by atomic mass is 10.2. The Hall–Kier alpha value is -2.57. The van der Waals surface area contributed by atoms with E-state index in [-0.39, 0.29) is 5.92 Å². The lowest BCUT2D eigenvalue weighted by Gasteiger charge is -2.09. The maximum Gasteiger partial charge on any atom is 0.329 e. The van der Waals surface area contributed by atoms with E-state index in [1.54, 1.807) is 25.3 Å². The summed E-state index contributed by atoms with van der Waals surface area (Å²) in [6.07, 6.45) is 1.43. The summed E-state index contributed by atoms with van der Waals surface area (Å²) < 4.78 is 10.6. The van der Waals surface area contributed by atoms with Gasteiger partial charge in [0.1, 0.15) is 0 Å². The number of nitrogens with one attached hydrogen (secondary N) is 2. The number of nitrogens with zero attached hydrogens (tertiary/aromatic N) is 1. The van der Waals surface area contributed by atoms with Gasteiger partial charge in [0.2, 0.25) is 0 Å². The number of carbonyl (C=O) groups excluding carboxylic acids is 2. The van der Waals surface area contributed by atoms with E-state index in [2.05, 4.69) is 15.8 Å². The van der Waals surface area contributed by atoms with E-state index < -0.39 is 11.8 Å². The van der Waals surface area contributed by atoms with Gasteiger partial charge in [0.15, 0.2) is 11.5 Å². The normalized spacial score (nSPS) is 10.7. The third-order valence-corrected chi connectivity index (χ3v) is 2.74. The highest BCUT2D eigenvalue weighted by Gasteiger charge is 2.12. The molecule has 0 aliphatic rings. The molecule has 7 heteroatoms. The summed E-state index contributed by atoms with van der Waals surface area (Å²) >= 11 is 0. The van der Waals surface area contributed by atoms with Crippen molar-refractivity contribution >= 4 is 18.0 Å². The van der Waals surface area contributed by atoms with Crippen LogP contribution in [0.25, 0.3) is 0 Å². The van der Waals surface area contributed by atoms with E-state index in [9.17, 15) is 9.59 Å². The summed E-state index contributed by atoms with van der Waals surface area (Å²) in [6.45, 7) is 6.69. The fourth-order valence-corrected chi connectivity index (χ4v) is 1.64. The predicted molar refractivity (Wildman–Crippen MR) is 87.7 cm³/mol. The number of carbonyl (C=O) groups is 2. The third kappa shape index (κ3) is 6.37. The Morgan fingerprint density at radius 3 is 2.61 bits per heavy atom. The number of hydrogen-bond donors (Lipinski definition) is 2. The lowest BCUT2D eigenvalue weighted by molar-refractivity contribution is -0.139. The van der Waals surface area contributed by atoms with Gasteiger partial charge in [0.05, 0.1) is 19.9 Å². The molecule has 1 aromatic rings. The summed E-state index contributed by atoms with van der Waals surface area (Å²) in [5.74, 6) is -0.0476. The summed E-state index contributed by atoms with van der Waals surface area (Å²) in [5.41, 5.74) is 2.89. The van der Waals surface area contributed by atoms with Crippen molar-refractivity contribution in [1.82, 2.24) is 10.7 Å². The maximum atomic E-state index is 11.5. The van der Waals surface area contributed by atoms with Gasteiger partial charge in [-0.05, 0) is 36.6 Å². The minimum Gasteiger partial charge on any atom is -0.493 e. The number of hydrogen-bond acceptors (Lipinski definition) is 5. The fourth-order valence-electron chi connectivity index (χ4n) is 1.64. The molecule has 0 heterocycles. The van der Waals surface area contributed by atoms with Crippen LogP contribution in [-0.2, 0) is 9.59 Å². The van der Waals surface area contributed by atoms with Crippen LogP contribution in [0.4, 0.5) is 0 Å². The van der Waals surface area contributed by atoms with Crippen LogP contribution >= 0.6 is 0 Å². The standard InChI is InChI=1S/C16H23N3O4/c1-5-23-14-8-12(6-7-13(14)22-4)10-18-19-16(21)15(20)17-9-11(2)3/h6-8,10-11H,5,9H2,1-4H3,(H,17,20)(H,19,21)/b18-10-. The van der Waals surface area contributed by atoms with Crippen molar-refractivity contribution in [2.45, 2.75) is 20.8 Å². The summed E-state index contributed by atoms with van der Waals surface area (Å²) in [5, 5.41) is 6.27. The lowest BCUT2D eigenvalue weighted by Crippen LogP contribution is -2.39. The van der Waals surface area contributed by atoms with Crippen molar-refractivity contribution in [3.8, 4) is 11.5 Å². The molecular weight excluding hydrogens is 298 g/mol. The SMILES string of the molecule is CCOc1cc(/C=N\NC(=O)C(=O)NCC(C)C)ccc1OC. The molecule has 0 saturated heterocycles. The summed E-state index contributed by atoms with van der Waals surface area (Å²) in [6, 6.07) is 5.23. The van der Waals surface area contributed by atoms with Crippen LogP contribution in [0.3, 0.4) is 0 Å². The maximum absolute atomic E-state index is 11.5. The molecule has 7 nitrogen and oxygen atoms in total. The van der Waals surface area contributed by atoms with Gasteiger partial charge in [0, 0.05) is 6.54 Å². The first-order valence-corrected chi connectivity index (χ1v) is 7.40. The zero-order valence-corrected chi connectivity index (χ0v) is 13.9. The van der Waals surface area contributed by atoms with Gasteiger partial charge >= 0.3 is 11.8 Å². The monoisotopic (exact) mass is 321 g/mol. The van der Waals surface area contributed by atoms with Crippen LogP contribution in [0.2, 0.25) is 0 Å². The van der Waals surface area contributed by atoms with Crippen LogP contribution in [0.15, 0.2) is 23.3 Å². The van der Waals surface area contributed by atoms with Gasteiger partial charge < -0.3 is 14.8 Å². The Morgan fingerprint density at radius 2 is 2.00 bits per heavy atom. The van der Waals surface area contributed by atoms with E-state index in [0.29, 0.717) is 30.2 Å². The van der Waals surface area contributed by atoms with Crippen molar-refractivity contribution in [2.75, 3.05) is 20.3 Å². The number of benzene rings is 1. The molecule has 2 amide bonds. The van der Waals surface area contributed by atoms with Crippen LogP contribution < -0.4 is 20.2 Å². The second-order valence-electron chi connectivity index (χ2n) is 5.15. The first-order valence-electron chi connectivity index (χ1n) is 7.40. The highest BCUT2D eigenvalue weighted by Crippen LogP contribution is 2.27. The molecule has 0 radical (unpaired) electrons. The Bertz CT molecular complexity index is 570. The fraction of sp³-hybridized carbons (Fsp3) is 0.438. The van der Waals surface area contributed by atoms with E-state index in [0.717, 1.165) is 0 Å². The third-order valence-electron chi connectivity index (χ3n) is 2.74. The quantitative estimate of drug-likeness (QED) is 0.450. The number of amides is 2. The molecule has 0 unspecified atom stereocenters. The number of hydrazone groups is 1. The molecule has 0 aliphatic heterocycles. The molecule has 1 rings (SSSR count). The van der Waals surface area contributed by atoms with Gasteiger partial charge in [-0.15, -0.1) is 0 Å². The molecule has 2 N–H and O–H groups in total. The Morgan fingerprint density at radius 1 is 1.26 bits per heavy atom. The number of rotatable bonds is 7. The second kappa shape index (κ2) is 9.45. The first-order chi connectivity index (χ1) is 11.0. The summed E-state index contributed by atoms with van der Waals surface area (Å²) in [7, 11) is 1.56. The predicted octanol–water partition coefficient (Wildman–Crippen LogP) is 1.32. The van der Waals surface area contributed by atoms with Crippen LogP contribution in [-0.4, -0.2) is 38.3 Å². The minimum atomic E-state index is -0.805. The zero-order valence-electron chi connectivity index (χ0n) is 13.9. The molecule has 0 atom stereocenters. The van der Waals surface area contributed by atoms with Gasteiger partial charge in [-0.3, -0.25) is 9.59 Å². The van der Waals surface area contributed by atoms with E-state index >= 15 is 0 Å². The molecule has 0 aliphatic carbocycles. The average Bonchev–Trinajstić information content (AvgIpc) is 2.53. The Balaban J connectivity index is 2.62. The molecular formula is C16H23N3O4. The molecule has 0 saturated carbocycles. The molecule has 126 valence electrons. The largest absolute Gasteiger partial charge is 0.493 e. The number of methoxy groups -OCH3 is 1. The molecule has 0 aromatic heterocycles. The molecule has 23 heavy (non-hydrogen) atoms. The highest BCUT2D eigenvalue weighted by atomic mass is 16.5. The topological polar surface area (TPSA) is 89.0 Å². The van der Waals surface area contributed by atoms with Gasteiger partial charge in [-0.25, -0.2) is 5.43 Å². The van der Waals surface area contributed by atoms with Crippen LogP contribution in [0, 0.1) is 5.92 Å². The van der Waals surface area contributed by atoms with E-state index in [4.69, 9.17) is 9.47 Å². The van der Waals surface area contributed by atoms with Crippen molar-refractivity contribution in [3.63, 3.8) is 0 Å². The Kier molecular flexibility index (Phi) is 7.59. The van der Waals surface area contributed by atoms with Gasteiger partial charge in [-0.2, -0.15) is 5.10 Å². The van der Waals surface area contributed by atoms with E-state index in [1.807, 2.05) is 20.8 Å². The smallest absolute Gasteiger partial charge is 0.329 e. The van der Waals surface area contributed by atoms with Gasteiger partial charge in [-0.1, -0.05) is 13.8 Å². The molecule has 1 aromatic carbocycles. The van der Waals surface area contributed by atoms with Crippen molar-refractivity contribution in [2.24, 2.45) is 11.0 Å². The minimum absolute atomic E-state index is 0.270. The van der Waals surface area contributed by atoms with Crippen LogP contribution in [0.5, 0.6) is 11.5 Å². The molecule has 0 spiro atoms. The van der Waals surface area contributed by atoms with Crippen molar-refractivity contribution in [3.05, 3.63) is 23.8 Å². The average molecular weight is 321 g/mol. The first kappa shape index (κ1) is 18.5. The molecule has 0 fully saturated rings.